The molecule has 1 amide bonds. The molecule has 0 unspecified atom stereocenters. The van der Waals surface area contributed by atoms with Gasteiger partial charge in [-0.3, -0.25) is 9.52 Å². The van der Waals surface area contributed by atoms with E-state index in [1.165, 1.54) is 18.4 Å². The fourth-order valence-electron chi connectivity index (χ4n) is 3.03. The molecule has 0 aliphatic carbocycles. The molecule has 1 heterocycles. The average Bonchev–Trinajstić information content (AvgIpc) is 3.05. The Morgan fingerprint density at radius 1 is 1.13 bits per heavy atom. The Labute approximate surface area is 180 Å². The van der Waals surface area contributed by atoms with Crippen molar-refractivity contribution in [3.63, 3.8) is 0 Å². The van der Waals surface area contributed by atoms with E-state index in [1.54, 1.807) is 24.3 Å². The maximum Gasteiger partial charge on any atom is 0.265 e. The molecule has 0 saturated heterocycles. The standard InChI is InChI=1S/C21H25N3O4S2/c1-21(2,3)13-10-15(18(28-4)16(11-13)24-30(5,26)27)23-20(25)17-9-12-7-6-8-14(22)19(12)29-17/h6-11,24H,22H2,1-5H3,(H,23,25). The van der Waals surface area contributed by atoms with E-state index < -0.39 is 10.0 Å². The third-order valence-electron chi connectivity index (χ3n) is 4.50. The molecule has 4 N–H and O–H groups in total. The van der Waals surface area contributed by atoms with Crippen LogP contribution in [0.3, 0.4) is 0 Å². The number of hydrogen-bond donors (Lipinski definition) is 3. The largest absolute Gasteiger partial charge is 0.492 e. The van der Waals surface area contributed by atoms with Crippen molar-refractivity contribution >= 4 is 54.4 Å². The Balaban J connectivity index is 2.07. The monoisotopic (exact) mass is 447 g/mol. The number of sulfonamides is 1. The van der Waals surface area contributed by atoms with E-state index in [9.17, 15) is 13.2 Å². The summed E-state index contributed by atoms with van der Waals surface area (Å²) in [6.07, 6.45) is 1.07. The molecule has 0 saturated carbocycles. The highest BCUT2D eigenvalue weighted by atomic mass is 32.2. The smallest absolute Gasteiger partial charge is 0.265 e. The van der Waals surface area contributed by atoms with Crippen LogP contribution in [-0.4, -0.2) is 27.7 Å². The number of amides is 1. The maximum absolute atomic E-state index is 13.0. The molecule has 2 aromatic carbocycles. The van der Waals surface area contributed by atoms with E-state index in [0.29, 0.717) is 16.3 Å². The summed E-state index contributed by atoms with van der Waals surface area (Å²) in [5.41, 5.74) is 7.82. The molecule has 0 bridgehead atoms. The summed E-state index contributed by atoms with van der Waals surface area (Å²) in [6, 6.07) is 10.8. The predicted molar refractivity (Wildman–Crippen MR) is 124 cm³/mol. The van der Waals surface area contributed by atoms with Crippen LogP contribution >= 0.6 is 11.3 Å². The van der Waals surface area contributed by atoms with Gasteiger partial charge in [-0.25, -0.2) is 8.42 Å². The van der Waals surface area contributed by atoms with E-state index in [0.717, 1.165) is 21.9 Å². The molecule has 3 aromatic rings. The van der Waals surface area contributed by atoms with E-state index in [1.807, 2.05) is 32.9 Å². The van der Waals surface area contributed by atoms with Gasteiger partial charge in [-0.1, -0.05) is 32.9 Å². The Kier molecular flexibility index (Phi) is 5.70. The second-order valence-electron chi connectivity index (χ2n) is 8.06. The number of anilines is 3. The van der Waals surface area contributed by atoms with E-state index in [2.05, 4.69) is 10.0 Å². The molecular formula is C21H25N3O4S2. The zero-order valence-corrected chi connectivity index (χ0v) is 19.1. The molecule has 0 atom stereocenters. The number of carbonyl (C=O) groups is 1. The maximum atomic E-state index is 13.0. The van der Waals surface area contributed by atoms with Crippen molar-refractivity contribution in [2.75, 3.05) is 29.1 Å². The number of thiophene rings is 1. The van der Waals surface area contributed by atoms with Crippen molar-refractivity contribution in [2.24, 2.45) is 0 Å². The number of nitrogens with one attached hydrogen (secondary N) is 2. The number of ether oxygens (including phenoxy) is 1. The van der Waals surface area contributed by atoms with Crippen LogP contribution in [0.5, 0.6) is 5.75 Å². The van der Waals surface area contributed by atoms with Gasteiger partial charge in [0, 0.05) is 5.69 Å². The van der Waals surface area contributed by atoms with Crippen LogP contribution in [0.2, 0.25) is 0 Å². The van der Waals surface area contributed by atoms with Gasteiger partial charge in [0.15, 0.2) is 5.75 Å². The van der Waals surface area contributed by atoms with Crippen molar-refractivity contribution in [1.82, 2.24) is 0 Å². The van der Waals surface area contributed by atoms with Crippen LogP contribution in [0.1, 0.15) is 36.0 Å². The molecule has 1 aromatic heterocycles. The van der Waals surface area contributed by atoms with Gasteiger partial charge < -0.3 is 15.8 Å². The summed E-state index contributed by atoms with van der Waals surface area (Å²) in [5, 5.41) is 3.76. The first kappa shape index (κ1) is 21.9. The Morgan fingerprint density at radius 3 is 2.37 bits per heavy atom. The molecule has 160 valence electrons. The average molecular weight is 448 g/mol. The summed E-state index contributed by atoms with van der Waals surface area (Å²) >= 11 is 1.30. The van der Waals surface area contributed by atoms with Gasteiger partial charge in [-0.2, -0.15) is 0 Å². The van der Waals surface area contributed by atoms with Crippen molar-refractivity contribution in [2.45, 2.75) is 26.2 Å². The molecule has 0 radical (unpaired) electrons. The Hall–Kier alpha value is -2.78. The molecule has 0 aliphatic rings. The number of nitrogens with two attached hydrogens (primary N) is 1. The number of rotatable bonds is 5. The number of hydrogen-bond acceptors (Lipinski definition) is 6. The molecule has 9 heteroatoms. The first-order chi connectivity index (χ1) is 13.9. The number of fused-ring (bicyclic) bond motifs is 1. The van der Waals surface area contributed by atoms with Crippen molar-refractivity contribution < 1.29 is 17.9 Å². The number of carbonyl (C=O) groups excluding carboxylic acids is 1. The van der Waals surface area contributed by atoms with Crippen molar-refractivity contribution in [1.29, 1.82) is 0 Å². The third-order valence-corrected chi connectivity index (χ3v) is 6.29. The summed E-state index contributed by atoms with van der Waals surface area (Å²) in [6.45, 7) is 6.00. The summed E-state index contributed by atoms with van der Waals surface area (Å²) in [7, 11) is -2.12. The number of benzene rings is 2. The van der Waals surface area contributed by atoms with Gasteiger partial charge in [-0.15, -0.1) is 11.3 Å². The summed E-state index contributed by atoms with van der Waals surface area (Å²) in [5.74, 6) is -0.0901. The first-order valence-corrected chi connectivity index (χ1v) is 11.9. The molecule has 30 heavy (non-hydrogen) atoms. The zero-order valence-electron chi connectivity index (χ0n) is 17.5. The normalized spacial score (nSPS) is 12.0. The van der Waals surface area contributed by atoms with Crippen molar-refractivity contribution in [3.05, 3.63) is 46.8 Å². The zero-order chi connectivity index (χ0) is 22.3. The van der Waals surface area contributed by atoms with Crippen LogP contribution in [-0.2, 0) is 15.4 Å². The molecule has 3 rings (SSSR count). The fourth-order valence-corrected chi connectivity index (χ4v) is 4.56. The predicted octanol–water partition coefficient (Wildman–Crippen LogP) is 4.41. The Bertz CT molecular complexity index is 1230. The molecule has 0 spiro atoms. The minimum absolute atomic E-state index is 0.238. The molecular weight excluding hydrogens is 422 g/mol. The van der Waals surface area contributed by atoms with Gasteiger partial charge >= 0.3 is 0 Å². The van der Waals surface area contributed by atoms with Crippen LogP contribution in [0, 0.1) is 0 Å². The van der Waals surface area contributed by atoms with Gasteiger partial charge in [0.1, 0.15) is 0 Å². The summed E-state index contributed by atoms with van der Waals surface area (Å²) < 4.78 is 32.5. The molecule has 0 fully saturated rings. The minimum Gasteiger partial charge on any atom is -0.492 e. The number of methoxy groups -OCH3 is 1. The third kappa shape index (κ3) is 4.68. The van der Waals surface area contributed by atoms with E-state index in [4.69, 9.17) is 10.5 Å². The topological polar surface area (TPSA) is 111 Å². The SMILES string of the molecule is COc1c(NC(=O)c2cc3cccc(N)c3s2)cc(C(C)(C)C)cc1NS(C)(=O)=O. The lowest BCUT2D eigenvalue weighted by molar-refractivity contribution is 0.103. The molecule has 0 aliphatic heterocycles. The second kappa shape index (κ2) is 7.81. The van der Waals surface area contributed by atoms with Crippen LogP contribution in [0.4, 0.5) is 17.1 Å². The van der Waals surface area contributed by atoms with Crippen LogP contribution in [0.15, 0.2) is 36.4 Å². The Morgan fingerprint density at radius 2 is 1.80 bits per heavy atom. The fraction of sp³-hybridized carbons (Fsp3) is 0.286. The van der Waals surface area contributed by atoms with E-state index >= 15 is 0 Å². The summed E-state index contributed by atoms with van der Waals surface area (Å²) in [4.78, 5) is 13.5. The van der Waals surface area contributed by atoms with Gasteiger partial charge in [0.2, 0.25) is 10.0 Å². The highest BCUT2D eigenvalue weighted by Gasteiger charge is 2.23. The highest BCUT2D eigenvalue weighted by Crippen LogP contribution is 2.40. The lowest BCUT2D eigenvalue weighted by Crippen LogP contribution is -2.18. The minimum atomic E-state index is -3.55. The van der Waals surface area contributed by atoms with E-state index in [-0.39, 0.29) is 22.8 Å². The van der Waals surface area contributed by atoms with Gasteiger partial charge in [0.05, 0.1) is 34.3 Å². The van der Waals surface area contributed by atoms with Crippen LogP contribution in [0.25, 0.3) is 10.1 Å². The highest BCUT2D eigenvalue weighted by molar-refractivity contribution is 7.92. The van der Waals surface area contributed by atoms with Gasteiger partial charge in [-0.05, 0) is 40.6 Å². The lowest BCUT2D eigenvalue weighted by atomic mass is 9.86. The first-order valence-electron chi connectivity index (χ1n) is 9.19. The van der Waals surface area contributed by atoms with Crippen molar-refractivity contribution in [3.8, 4) is 5.75 Å². The molecule has 7 nitrogen and oxygen atoms in total. The second-order valence-corrected chi connectivity index (χ2v) is 10.9. The van der Waals surface area contributed by atoms with Crippen LogP contribution < -0.4 is 20.5 Å². The quantitative estimate of drug-likeness (QED) is 0.502. The van der Waals surface area contributed by atoms with Gasteiger partial charge in [0.25, 0.3) is 5.91 Å². The number of nitrogen functional groups attached to an aromatic ring is 1. The lowest BCUT2D eigenvalue weighted by Gasteiger charge is -2.23.